The highest BCUT2D eigenvalue weighted by Crippen LogP contribution is 2.24. The van der Waals surface area contributed by atoms with Gasteiger partial charge < -0.3 is 11.1 Å². The summed E-state index contributed by atoms with van der Waals surface area (Å²) >= 11 is 5.95. The molecule has 0 atom stereocenters. The Morgan fingerprint density at radius 1 is 1.32 bits per heavy atom. The first-order valence-electron chi connectivity index (χ1n) is 5.63. The Balaban J connectivity index is 2.44. The molecular weight excluding hydrogens is 264 g/mol. The molecule has 0 aliphatic heterocycles. The number of nitrogens with two attached hydrogens (primary N) is 1. The van der Waals surface area contributed by atoms with Gasteiger partial charge in [-0.1, -0.05) is 11.6 Å². The summed E-state index contributed by atoms with van der Waals surface area (Å²) in [5.41, 5.74) is 7.92. The number of halogens is 1. The van der Waals surface area contributed by atoms with Gasteiger partial charge in [0.1, 0.15) is 5.82 Å². The topological polar surface area (TPSA) is 80.9 Å². The summed E-state index contributed by atoms with van der Waals surface area (Å²) in [6, 6.07) is 3.40. The third-order valence-corrected chi connectivity index (χ3v) is 2.94. The number of primary amides is 1. The number of anilines is 2. The lowest BCUT2D eigenvalue weighted by Gasteiger charge is -2.11. The molecule has 2 heterocycles. The predicted molar refractivity (Wildman–Crippen MR) is 74.8 cm³/mol. The van der Waals surface area contributed by atoms with Gasteiger partial charge in [-0.15, -0.1) is 0 Å². The van der Waals surface area contributed by atoms with Crippen LogP contribution in [0.4, 0.5) is 11.5 Å². The van der Waals surface area contributed by atoms with Gasteiger partial charge in [0.15, 0.2) is 0 Å². The van der Waals surface area contributed by atoms with Crippen LogP contribution in [-0.4, -0.2) is 15.9 Å². The van der Waals surface area contributed by atoms with Gasteiger partial charge in [-0.3, -0.25) is 9.78 Å². The zero-order chi connectivity index (χ0) is 14.0. The monoisotopic (exact) mass is 276 g/mol. The number of aryl methyl sites for hydroxylation is 2. The zero-order valence-electron chi connectivity index (χ0n) is 10.6. The summed E-state index contributed by atoms with van der Waals surface area (Å²) in [7, 11) is 0. The molecule has 0 saturated carbocycles. The highest BCUT2D eigenvalue weighted by molar-refractivity contribution is 6.31. The molecule has 1 amide bonds. The van der Waals surface area contributed by atoms with Crippen molar-refractivity contribution in [1.82, 2.24) is 9.97 Å². The molecule has 6 heteroatoms. The Morgan fingerprint density at radius 2 is 2.05 bits per heavy atom. The molecule has 0 aliphatic rings. The van der Waals surface area contributed by atoms with Gasteiger partial charge >= 0.3 is 0 Å². The maximum Gasteiger partial charge on any atom is 0.252 e. The normalized spacial score (nSPS) is 10.3. The first-order chi connectivity index (χ1) is 8.97. The fourth-order valence-electron chi connectivity index (χ4n) is 1.62. The summed E-state index contributed by atoms with van der Waals surface area (Å²) in [5.74, 6) is -0.209. The van der Waals surface area contributed by atoms with Crippen molar-refractivity contribution < 1.29 is 4.79 Å². The quantitative estimate of drug-likeness (QED) is 0.903. The Kier molecular flexibility index (Phi) is 3.66. The largest absolute Gasteiger partial charge is 0.365 e. The van der Waals surface area contributed by atoms with E-state index in [2.05, 4.69) is 15.3 Å². The van der Waals surface area contributed by atoms with E-state index in [1.165, 1.54) is 6.07 Å². The first kappa shape index (κ1) is 13.3. The fourth-order valence-corrected chi connectivity index (χ4v) is 1.78. The average molecular weight is 277 g/mol. The van der Waals surface area contributed by atoms with E-state index in [-0.39, 0.29) is 5.56 Å². The molecule has 0 bridgehead atoms. The number of carbonyl (C=O) groups excluding carboxylic acids is 1. The maximum atomic E-state index is 11.4. The summed E-state index contributed by atoms with van der Waals surface area (Å²) in [6.45, 7) is 3.68. The van der Waals surface area contributed by atoms with Crippen LogP contribution < -0.4 is 11.1 Å². The number of aromatic nitrogens is 2. The number of nitrogens with zero attached hydrogens (tertiary/aromatic N) is 2. The molecule has 0 saturated heterocycles. The third-order valence-electron chi connectivity index (χ3n) is 2.55. The molecular formula is C13H13ClN4O. The highest BCUT2D eigenvalue weighted by atomic mass is 35.5. The molecule has 2 aromatic heterocycles. The molecule has 19 heavy (non-hydrogen) atoms. The van der Waals surface area contributed by atoms with Crippen LogP contribution in [0.3, 0.4) is 0 Å². The van der Waals surface area contributed by atoms with Crippen molar-refractivity contribution >= 4 is 29.0 Å². The van der Waals surface area contributed by atoms with Gasteiger partial charge in [-0.2, -0.15) is 0 Å². The van der Waals surface area contributed by atoms with E-state index in [1.54, 1.807) is 19.3 Å². The number of carbonyl (C=O) groups is 1. The number of hydrogen-bond donors (Lipinski definition) is 2. The molecule has 0 unspecified atom stereocenters. The second-order valence-corrected chi connectivity index (χ2v) is 4.60. The SMILES string of the molecule is Cc1cncc(Nc2nc(C)c(Cl)cc2C(N)=O)c1. The Hall–Kier alpha value is -2.14. The van der Waals surface area contributed by atoms with Crippen LogP contribution in [0.5, 0.6) is 0 Å². The average Bonchev–Trinajstić information content (AvgIpc) is 2.33. The Morgan fingerprint density at radius 3 is 2.68 bits per heavy atom. The van der Waals surface area contributed by atoms with Gasteiger partial charge in [-0.25, -0.2) is 4.98 Å². The third kappa shape index (κ3) is 3.00. The molecule has 3 N–H and O–H groups in total. The highest BCUT2D eigenvalue weighted by Gasteiger charge is 2.13. The summed E-state index contributed by atoms with van der Waals surface area (Å²) in [4.78, 5) is 19.7. The van der Waals surface area contributed by atoms with Crippen LogP contribution in [-0.2, 0) is 0 Å². The second-order valence-electron chi connectivity index (χ2n) is 4.19. The standard InChI is InChI=1S/C13H13ClN4O/c1-7-3-9(6-16-5-7)18-13-10(12(15)19)4-11(14)8(2)17-13/h3-6H,1-2H3,(H2,15,19)(H,17,18). The number of hydrogen-bond acceptors (Lipinski definition) is 4. The molecule has 0 radical (unpaired) electrons. The van der Waals surface area contributed by atoms with Crippen LogP contribution in [0.25, 0.3) is 0 Å². The lowest BCUT2D eigenvalue weighted by Crippen LogP contribution is -2.15. The van der Waals surface area contributed by atoms with Crippen molar-refractivity contribution in [3.8, 4) is 0 Å². The van der Waals surface area contributed by atoms with Crippen molar-refractivity contribution in [3.05, 3.63) is 46.4 Å². The predicted octanol–water partition coefficient (Wildman–Crippen LogP) is 2.59. The number of rotatable bonds is 3. The van der Waals surface area contributed by atoms with Crippen molar-refractivity contribution in [2.24, 2.45) is 5.73 Å². The molecule has 98 valence electrons. The van der Waals surface area contributed by atoms with E-state index in [0.717, 1.165) is 11.3 Å². The number of pyridine rings is 2. The minimum Gasteiger partial charge on any atom is -0.365 e. The van der Waals surface area contributed by atoms with E-state index < -0.39 is 5.91 Å². The van der Waals surface area contributed by atoms with E-state index >= 15 is 0 Å². The van der Waals surface area contributed by atoms with Crippen molar-refractivity contribution in [2.45, 2.75) is 13.8 Å². The summed E-state index contributed by atoms with van der Waals surface area (Å²) < 4.78 is 0. The lowest BCUT2D eigenvalue weighted by atomic mass is 10.2. The van der Waals surface area contributed by atoms with Crippen LogP contribution in [0.2, 0.25) is 5.02 Å². The lowest BCUT2D eigenvalue weighted by molar-refractivity contribution is 0.100. The molecule has 0 fully saturated rings. The molecule has 5 nitrogen and oxygen atoms in total. The Bertz CT molecular complexity index is 643. The van der Waals surface area contributed by atoms with E-state index in [1.807, 2.05) is 13.0 Å². The summed E-state index contributed by atoms with van der Waals surface area (Å²) in [6.07, 6.45) is 3.38. The Labute approximate surface area is 115 Å². The van der Waals surface area contributed by atoms with E-state index in [4.69, 9.17) is 17.3 Å². The molecule has 2 rings (SSSR count). The maximum absolute atomic E-state index is 11.4. The van der Waals surface area contributed by atoms with Gasteiger partial charge in [0, 0.05) is 6.20 Å². The van der Waals surface area contributed by atoms with Crippen LogP contribution in [0, 0.1) is 13.8 Å². The second kappa shape index (κ2) is 5.24. The smallest absolute Gasteiger partial charge is 0.252 e. The first-order valence-corrected chi connectivity index (χ1v) is 6.01. The minimum absolute atomic E-state index is 0.247. The van der Waals surface area contributed by atoms with Crippen molar-refractivity contribution in [3.63, 3.8) is 0 Å². The van der Waals surface area contributed by atoms with E-state index in [9.17, 15) is 4.79 Å². The summed E-state index contributed by atoms with van der Waals surface area (Å²) in [5, 5.41) is 3.43. The van der Waals surface area contributed by atoms with Gasteiger partial charge in [0.2, 0.25) is 0 Å². The zero-order valence-corrected chi connectivity index (χ0v) is 11.3. The molecule has 0 spiro atoms. The molecule has 0 aromatic carbocycles. The van der Waals surface area contributed by atoms with Crippen LogP contribution in [0.15, 0.2) is 24.5 Å². The fraction of sp³-hybridized carbons (Fsp3) is 0.154. The number of nitrogens with one attached hydrogen (secondary N) is 1. The minimum atomic E-state index is -0.586. The van der Waals surface area contributed by atoms with Crippen molar-refractivity contribution in [2.75, 3.05) is 5.32 Å². The van der Waals surface area contributed by atoms with Crippen molar-refractivity contribution in [1.29, 1.82) is 0 Å². The molecule has 0 aliphatic carbocycles. The van der Waals surface area contributed by atoms with Gasteiger partial charge in [0.25, 0.3) is 5.91 Å². The van der Waals surface area contributed by atoms with Gasteiger partial charge in [0.05, 0.1) is 28.2 Å². The molecule has 2 aromatic rings. The van der Waals surface area contributed by atoms with E-state index in [0.29, 0.717) is 16.5 Å². The van der Waals surface area contributed by atoms with Crippen LogP contribution in [0.1, 0.15) is 21.6 Å². The number of amides is 1. The van der Waals surface area contributed by atoms with Crippen LogP contribution >= 0.6 is 11.6 Å². The van der Waals surface area contributed by atoms with Gasteiger partial charge in [-0.05, 0) is 31.5 Å².